The second-order valence-corrected chi connectivity index (χ2v) is 6.41. The molecule has 0 atom stereocenters. The first-order chi connectivity index (χ1) is 11.2. The summed E-state index contributed by atoms with van der Waals surface area (Å²) in [6.07, 6.45) is 1.95. The first kappa shape index (κ1) is 15.7. The van der Waals surface area contributed by atoms with Gasteiger partial charge < -0.3 is 10.2 Å². The molecule has 0 saturated carbocycles. The minimum Gasteiger partial charge on any atom is -0.372 e. The molecule has 3 rings (SSSR count). The summed E-state index contributed by atoms with van der Waals surface area (Å²) in [6.45, 7) is 6.29. The highest BCUT2D eigenvalue weighted by molar-refractivity contribution is 8.04. The minimum atomic E-state index is -0.0403. The highest BCUT2D eigenvalue weighted by Crippen LogP contribution is 2.38. The molecule has 3 nitrogen and oxygen atoms in total. The van der Waals surface area contributed by atoms with Crippen molar-refractivity contribution in [2.75, 3.05) is 23.3 Å². The maximum absolute atomic E-state index is 12.2. The molecule has 23 heavy (non-hydrogen) atoms. The number of anilines is 2. The number of para-hydroxylation sites is 1. The van der Waals surface area contributed by atoms with Gasteiger partial charge in [-0.3, -0.25) is 4.79 Å². The van der Waals surface area contributed by atoms with Crippen LogP contribution in [0.3, 0.4) is 0 Å². The maximum Gasteiger partial charge on any atom is 0.262 e. The Bertz CT molecular complexity index is 733. The fourth-order valence-corrected chi connectivity index (χ4v) is 3.58. The van der Waals surface area contributed by atoms with Crippen molar-refractivity contribution in [2.45, 2.75) is 18.7 Å². The Kier molecular flexibility index (Phi) is 4.72. The first-order valence-electron chi connectivity index (χ1n) is 7.86. The normalized spacial score (nSPS) is 15.2. The van der Waals surface area contributed by atoms with Crippen LogP contribution in [0.5, 0.6) is 0 Å². The molecule has 1 amide bonds. The van der Waals surface area contributed by atoms with E-state index < -0.39 is 0 Å². The Morgan fingerprint density at radius 1 is 1.04 bits per heavy atom. The Balaban J connectivity index is 1.83. The van der Waals surface area contributed by atoms with E-state index in [0.29, 0.717) is 0 Å². The molecule has 1 N–H and O–H groups in total. The van der Waals surface area contributed by atoms with Gasteiger partial charge in [0, 0.05) is 23.7 Å². The number of nitrogens with zero attached hydrogens (tertiary/aromatic N) is 1. The van der Waals surface area contributed by atoms with E-state index in [1.807, 2.05) is 30.3 Å². The van der Waals surface area contributed by atoms with Crippen LogP contribution in [0.2, 0.25) is 0 Å². The summed E-state index contributed by atoms with van der Waals surface area (Å²) in [5.74, 6) is -0.0403. The van der Waals surface area contributed by atoms with Gasteiger partial charge in [0.15, 0.2) is 0 Å². The first-order valence-corrected chi connectivity index (χ1v) is 8.68. The van der Waals surface area contributed by atoms with E-state index in [0.717, 1.165) is 34.1 Å². The molecule has 0 radical (unpaired) electrons. The molecule has 0 saturated heterocycles. The molecule has 0 spiro atoms. The minimum absolute atomic E-state index is 0.0403. The summed E-state index contributed by atoms with van der Waals surface area (Å²) in [6, 6.07) is 16.2. The van der Waals surface area contributed by atoms with E-state index in [9.17, 15) is 4.79 Å². The Labute approximate surface area is 141 Å². The van der Waals surface area contributed by atoms with Crippen molar-refractivity contribution in [2.24, 2.45) is 0 Å². The Morgan fingerprint density at radius 3 is 2.43 bits per heavy atom. The van der Waals surface area contributed by atoms with Crippen molar-refractivity contribution in [1.29, 1.82) is 0 Å². The van der Waals surface area contributed by atoms with Crippen LogP contribution in [0.4, 0.5) is 11.4 Å². The lowest BCUT2D eigenvalue weighted by Gasteiger charge is -2.21. The summed E-state index contributed by atoms with van der Waals surface area (Å²) in [5.41, 5.74) is 3.14. The molecule has 2 aromatic rings. The van der Waals surface area contributed by atoms with E-state index in [-0.39, 0.29) is 5.91 Å². The number of benzene rings is 2. The monoisotopic (exact) mass is 324 g/mol. The number of hydrogen-bond acceptors (Lipinski definition) is 3. The lowest BCUT2D eigenvalue weighted by atomic mass is 10.1. The molecular formula is C19H20N2OS. The molecule has 4 heteroatoms. The van der Waals surface area contributed by atoms with Crippen LogP contribution in [-0.2, 0) is 4.79 Å². The van der Waals surface area contributed by atoms with Gasteiger partial charge in [-0.25, -0.2) is 0 Å². The standard InChI is InChI=1S/C19H20N2OS/c1-3-21(4-2)15-11-9-14(10-12-15)13-18-19(22)20-16-7-5-6-8-17(16)23-18/h5-13H,3-4H2,1-2H3,(H,20,22)/b18-13-. The highest BCUT2D eigenvalue weighted by atomic mass is 32.2. The highest BCUT2D eigenvalue weighted by Gasteiger charge is 2.20. The largest absolute Gasteiger partial charge is 0.372 e. The van der Waals surface area contributed by atoms with Crippen molar-refractivity contribution < 1.29 is 4.79 Å². The summed E-state index contributed by atoms with van der Waals surface area (Å²) >= 11 is 1.52. The fourth-order valence-electron chi connectivity index (χ4n) is 2.62. The smallest absolute Gasteiger partial charge is 0.262 e. The quantitative estimate of drug-likeness (QED) is 0.833. The molecule has 118 valence electrons. The van der Waals surface area contributed by atoms with E-state index in [2.05, 4.69) is 48.3 Å². The third kappa shape index (κ3) is 3.42. The van der Waals surface area contributed by atoms with Gasteiger partial charge in [-0.15, -0.1) is 0 Å². The number of amides is 1. The summed E-state index contributed by atoms with van der Waals surface area (Å²) in [7, 11) is 0. The molecule has 1 heterocycles. The lowest BCUT2D eigenvalue weighted by Crippen LogP contribution is -2.21. The van der Waals surface area contributed by atoms with Crippen LogP contribution in [0, 0.1) is 0 Å². The van der Waals surface area contributed by atoms with E-state index in [1.54, 1.807) is 0 Å². The Hall–Kier alpha value is -2.20. The number of fused-ring (bicyclic) bond motifs is 1. The molecule has 0 bridgehead atoms. The second kappa shape index (κ2) is 6.92. The van der Waals surface area contributed by atoms with Gasteiger partial charge in [0.2, 0.25) is 0 Å². The summed E-state index contributed by atoms with van der Waals surface area (Å²) < 4.78 is 0. The predicted molar refractivity (Wildman–Crippen MR) is 98.9 cm³/mol. The van der Waals surface area contributed by atoms with Gasteiger partial charge in [0.25, 0.3) is 5.91 Å². The number of hydrogen-bond donors (Lipinski definition) is 1. The summed E-state index contributed by atoms with van der Waals surface area (Å²) in [5, 5.41) is 2.94. The zero-order chi connectivity index (χ0) is 16.2. The lowest BCUT2D eigenvalue weighted by molar-refractivity contribution is -0.112. The van der Waals surface area contributed by atoms with Gasteiger partial charge in [0.05, 0.1) is 10.6 Å². The zero-order valence-corrected chi connectivity index (χ0v) is 14.2. The van der Waals surface area contributed by atoms with Crippen LogP contribution in [-0.4, -0.2) is 19.0 Å². The third-order valence-corrected chi connectivity index (χ3v) is 5.00. The number of nitrogens with one attached hydrogen (secondary N) is 1. The molecule has 1 aliphatic rings. The van der Waals surface area contributed by atoms with E-state index in [4.69, 9.17) is 0 Å². The second-order valence-electron chi connectivity index (χ2n) is 5.32. The van der Waals surface area contributed by atoms with E-state index >= 15 is 0 Å². The van der Waals surface area contributed by atoms with Crippen LogP contribution in [0.15, 0.2) is 58.3 Å². The topological polar surface area (TPSA) is 32.3 Å². The van der Waals surface area contributed by atoms with Crippen molar-refractivity contribution in [3.8, 4) is 0 Å². The average Bonchev–Trinajstić information content (AvgIpc) is 2.58. The van der Waals surface area contributed by atoms with Gasteiger partial charge in [0.1, 0.15) is 0 Å². The molecule has 0 unspecified atom stereocenters. The van der Waals surface area contributed by atoms with Crippen molar-refractivity contribution in [1.82, 2.24) is 0 Å². The Morgan fingerprint density at radius 2 is 1.74 bits per heavy atom. The van der Waals surface area contributed by atoms with E-state index in [1.165, 1.54) is 17.4 Å². The number of thioether (sulfide) groups is 1. The molecule has 2 aromatic carbocycles. The molecule has 1 aliphatic heterocycles. The van der Waals surface area contributed by atoms with Crippen molar-refractivity contribution >= 4 is 35.1 Å². The number of carbonyl (C=O) groups is 1. The maximum atomic E-state index is 12.2. The third-order valence-electron chi connectivity index (χ3n) is 3.90. The summed E-state index contributed by atoms with van der Waals surface area (Å²) in [4.78, 5) is 16.3. The SMILES string of the molecule is CCN(CC)c1ccc(/C=C2\Sc3ccccc3NC2=O)cc1. The van der Waals surface area contributed by atoms with Gasteiger partial charge in [-0.2, -0.15) is 0 Å². The fraction of sp³-hybridized carbons (Fsp3) is 0.211. The van der Waals surface area contributed by atoms with Gasteiger partial charge in [-0.05, 0) is 49.8 Å². The molecule has 0 aromatic heterocycles. The number of rotatable bonds is 4. The zero-order valence-electron chi connectivity index (χ0n) is 13.4. The van der Waals surface area contributed by atoms with Crippen LogP contribution >= 0.6 is 11.8 Å². The molecule has 0 fully saturated rings. The van der Waals surface area contributed by atoms with Gasteiger partial charge in [-0.1, -0.05) is 36.0 Å². The van der Waals surface area contributed by atoms with Crippen molar-refractivity contribution in [3.63, 3.8) is 0 Å². The molecular weight excluding hydrogens is 304 g/mol. The van der Waals surface area contributed by atoms with Gasteiger partial charge >= 0.3 is 0 Å². The van der Waals surface area contributed by atoms with Crippen LogP contribution in [0.1, 0.15) is 19.4 Å². The van der Waals surface area contributed by atoms with Crippen molar-refractivity contribution in [3.05, 3.63) is 59.0 Å². The van der Waals surface area contributed by atoms with Crippen LogP contribution < -0.4 is 10.2 Å². The predicted octanol–water partition coefficient (Wildman–Crippen LogP) is 4.62. The number of carbonyl (C=O) groups excluding carboxylic acids is 1. The van der Waals surface area contributed by atoms with Crippen LogP contribution in [0.25, 0.3) is 6.08 Å². The average molecular weight is 324 g/mol. The molecule has 0 aliphatic carbocycles.